The van der Waals surface area contributed by atoms with Crippen molar-refractivity contribution in [2.45, 2.75) is 32.6 Å². The van der Waals surface area contributed by atoms with Gasteiger partial charge in [-0.2, -0.15) is 0 Å². The Bertz CT molecular complexity index is 935. The van der Waals surface area contributed by atoms with Crippen LogP contribution < -0.4 is 21.3 Å². The molecule has 0 unspecified atom stereocenters. The lowest BCUT2D eigenvalue weighted by molar-refractivity contribution is -0.912. The zero-order valence-electron chi connectivity index (χ0n) is 19.2. The van der Waals surface area contributed by atoms with E-state index in [0.29, 0.717) is 34.0 Å². The lowest BCUT2D eigenvalue weighted by atomic mass is 10.2. The van der Waals surface area contributed by atoms with Crippen LogP contribution in [0.2, 0.25) is 0 Å². The van der Waals surface area contributed by atoms with Crippen LogP contribution in [0.3, 0.4) is 0 Å². The minimum atomic E-state index is -0.204. The monoisotopic (exact) mass is 477 g/mol. The van der Waals surface area contributed by atoms with Crippen LogP contribution in [-0.2, 0) is 9.59 Å². The van der Waals surface area contributed by atoms with Crippen LogP contribution in [0.5, 0.6) is 0 Å². The second kappa shape index (κ2) is 11.9. The minimum absolute atomic E-state index is 0.169. The Kier molecular flexibility index (Phi) is 8.98. The van der Waals surface area contributed by atoms with Gasteiger partial charge in [-0.3, -0.25) is 14.4 Å². The summed E-state index contributed by atoms with van der Waals surface area (Å²) in [5.74, 6) is -0.239. The van der Waals surface area contributed by atoms with Crippen molar-refractivity contribution in [3.05, 3.63) is 28.2 Å². The molecule has 0 radical (unpaired) electrons. The molecule has 180 valence electrons. The number of amides is 3. The summed E-state index contributed by atoms with van der Waals surface area (Å²) in [6.07, 6.45) is 5.50. The van der Waals surface area contributed by atoms with Gasteiger partial charge in [-0.1, -0.05) is 5.16 Å². The molecule has 0 aliphatic carbocycles. The van der Waals surface area contributed by atoms with Gasteiger partial charge in [-0.25, -0.2) is 0 Å². The number of thiophene rings is 1. The van der Waals surface area contributed by atoms with Crippen molar-refractivity contribution in [3.63, 3.8) is 0 Å². The average molecular weight is 478 g/mol. The van der Waals surface area contributed by atoms with Gasteiger partial charge in [0.25, 0.3) is 17.7 Å². The molecule has 3 rings (SSSR count). The predicted octanol–water partition coefficient (Wildman–Crippen LogP) is 1.96. The van der Waals surface area contributed by atoms with Crippen molar-refractivity contribution in [1.82, 2.24) is 15.8 Å². The fraction of sp³-hybridized carbons (Fsp3) is 0.545. The van der Waals surface area contributed by atoms with Crippen LogP contribution in [0, 0.1) is 6.92 Å². The Morgan fingerprint density at radius 3 is 2.39 bits per heavy atom. The second-order valence-corrected chi connectivity index (χ2v) is 9.36. The fourth-order valence-electron chi connectivity index (χ4n) is 4.13. The van der Waals surface area contributed by atoms with E-state index in [9.17, 15) is 14.4 Å². The Labute approximate surface area is 197 Å². The number of hydrogen-bond donors (Lipinski definition) is 4. The van der Waals surface area contributed by atoms with Gasteiger partial charge >= 0.3 is 0 Å². The Morgan fingerprint density at radius 1 is 1.06 bits per heavy atom. The minimum Gasteiger partial charge on any atom is -0.363 e. The molecule has 11 heteroatoms. The molecule has 1 saturated heterocycles. The Morgan fingerprint density at radius 2 is 1.76 bits per heavy atom. The quantitative estimate of drug-likeness (QED) is 0.306. The number of aromatic nitrogens is 1. The number of nitrogens with zero attached hydrogens (tertiary/aromatic N) is 2. The fourth-order valence-corrected chi connectivity index (χ4v) is 5.05. The number of carbonyl (C=O) groups is 3. The molecule has 0 spiro atoms. The van der Waals surface area contributed by atoms with Gasteiger partial charge in [0, 0.05) is 19.2 Å². The summed E-state index contributed by atoms with van der Waals surface area (Å²) >= 11 is 1.31. The predicted molar refractivity (Wildman–Crippen MR) is 127 cm³/mol. The van der Waals surface area contributed by atoms with Crippen molar-refractivity contribution < 1.29 is 23.4 Å². The number of rotatable bonds is 10. The maximum Gasteiger partial charge on any atom is 0.280 e. The SMILES string of the molecule is CNCCNC(=O)c1scc(C)c1NC(=O)C[N+]1(CC(=O)Nc2ccon2)CCCCCC1. The summed E-state index contributed by atoms with van der Waals surface area (Å²) in [6, 6.07) is 1.58. The number of nitrogens with one attached hydrogen (secondary N) is 4. The van der Waals surface area contributed by atoms with Crippen LogP contribution >= 0.6 is 11.3 Å². The number of hydrogen-bond acceptors (Lipinski definition) is 7. The maximum absolute atomic E-state index is 13.2. The Balaban J connectivity index is 1.69. The van der Waals surface area contributed by atoms with Gasteiger partial charge in [0.2, 0.25) is 0 Å². The first-order valence-electron chi connectivity index (χ1n) is 11.3. The number of likely N-dealkylation sites (N-methyl/N-ethyl adjacent to an activating group) is 1. The van der Waals surface area contributed by atoms with Gasteiger partial charge in [0.15, 0.2) is 18.9 Å². The lowest BCUT2D eigenvalue weighted by Crippen LogP contribution is -2.56. The van der Waals surface area contributed by atoms with E-state index >= 15 is 0 Å². The molecule has 0 atom stereocenters. The highest BCUT2D eigenvalue weighted by atomic mass is 32.1. The number of carbonyl (C=O) groups excluding carboxylic acids is 3. The maximum atomic E-state index is 13.2. The van der Waals surface area contributed by atoms with E-state index in [1.807, 2.05) is 19.4 Å². The summed E-state index contributed by atoms with van der Waals surface area (Å²) in [6.45, 7) is 4.88. The summed E-state index contributed by atoms with van der Waals surface area (Å²) < 4.78 is 5.15. The molecule has 1 aliphatic heterocycles. The average Bonchev–Trinajstić information content (AvgIpc) is 3.34. The van der Waals surface area contributed by atoms with Crippen molar-refractivity contribution in [1.29, 1.82) is 0 Å². The Hall–Kier alpha value is -2.76. The molecule has 33 heavy (non-hydrogen) atoms. The van der Waals surface area contributed by atoms with Gasteiger partial charge in [0.05, 0.1) is 18.8 Å². The van der Waals surface area contributed by atoms with Gasteiger partial charge in [-0.05, 0) is 50.6 Å². The molecule has 3 heterocycles. The molecule has 2 aromatic rings. The molecular weight excluding hydrogens is 444 g/mol. The van der Waals surface area contributed by atoms with Crippen LogP contribution in [-0.4, -0.2) is 73.7 Å². The normalized spacial score (nSPS) is 15.5. The summed E-state index contributed by atoms with van der Waals surface area (Å²) in [5, 5.41) is 17.1. The molecular formula is C22H33N6O4S+. The molecule has 10 nitrogen and oxygen atoms in total. The highest BCUT2D eigenvalue weighted by Gasteiger charge is 2.34. The number of likely N-dealkylation sites (tertiary alicyclic amines) is 1. The standard InChI is InChI=1S/C22H32N6O4S/c1-16-15-33-21(22(31)24-9-8-23-2)20(16)26-19(30)14-28(10-5-3-4-6-11-28)13-18(29)25-17-7-12-32-27-17/h7,12,15,23H,3-6,8-11,13-14H2,1-2H3,(H2-,24,25,26,27,29,30,31)/p+1. The number of aryl methyl sites for hydroxylation is 1. The van der Waals surface area contributed by atoms with E-state index in [4.69, 9.17) is 4.52 Å². The van der Waals surface area contributed by atoms with E-state index < -0.39 is 0 Å². The van der Waals surface area contributed by atoms with Crippen molar-refractivity contribution >= 4 is 40.6 Å². The molecule has 1 fully saturated rings. The topological polar surface area (TPSA) is 125 Å². The second-order valence-electron chi connectivity index (χ2n) is 8.48. The molecule has 4 N–H and O–H groups in total. The zero-order valence-corrected chi connectivity index (χ0v) is 20.1. The summed E-state index contributed by atoms with van der Waals surface area (Å²) in [5.41, 5.74) is 1.39. The highest BCUT2D eigenvalue weighted by Crippen LogP contribution is 2.28. The van der Waals surface area contributed by atoms with Crippen LogP contribution in [0.4, 0.5) is 11.5 Å². The highest BCUT2D eigenvalue weighted by molar-refractivity contribution is 7.13. The summed E-state index contributed by atoms with van der Waals surface area (Å²) in [7, 11) is 1.82. The lowest BCUT2D eigenvalue weighted by Gasteiger charge is -2.36. The first-order chi connectivity index (χ1) is 15.9. The molecule has 3 amide bonds. The third-order valence-corrected chi connectivity index (χ3v) is 6.88. The first-order valence-corrected chi connectivity index (χ1v) is 12.2. The third-order valence-electron chi connectivity index (χ3n) is 5.78. The molecule has 0 aromatic carbocycles. The molecule has 1 aliphatic rings. The first kappa shape index (κ1) is 24.9. The van der Waals surface area contributed by atoms with Gasteiger partial charge in [0.1, 0.15) is 11.1 Å². The van der Waals surface area contributed by atoms with E-state index in [1.165, 1.54) is 17.6 Å². The van der Waals surface area contributed by atoms with Crippen LogP contribution in [0.15, 0.2) is 22.2 Å². The van der Waals surface area contributed by atoms with E-state index in [-0.39, 0.29) is 30.8 Å². The van der Waals surface area contributed by atoms with E-state index in [0.717, 1.165) is 44.3 Å². The van der Waals surface area contributed by atoms with E-state index in [2.05, 4.69) is 26.4 Å². The smallest absolute Gasteiger partial charge is 0.280 e. The molecule has 0 bridgehead atoms. The van der Waals surface area contributed by atoms with Crippen molar-refractivity contribution in [2.75, 3.05) is 56.9 Å². The molecule has 0 saturated carbocycles. The largest absolute Gasteiger partial charge is 0.363 e. The summed E-state index contributed by atoms with van der Waals surface area (Å²) in [4.78, 5) is 38.9. The third kappa shape index (κ3) is 7.11. The van der Waals surface area contributed by atoms with Crippen LogP contribution in [0.1, 0.15) is 40.9 Å². The zero-order chi connectivity index (χ0) is 23.7. The number of quaternary nitrogens is 1. The number of anilines is 2. The van der Waals surface area contributed by atoms with Gasteiger partial charge in [-0.15, -0.1) is 11.3 Å². The van der Waals surface area contributed by atoms with Crippen LogP contribution in [0.25, 0.3) is 0 Å². The van der Waals surface area contributed by atoms with Crippen molar-refractivity contribution in [3.8, 4) is 0 Å². The van der Waals surface area contributed by atoms with E-state index in [1.54, 1.807) is 6.07 Å². The van der Waals surface area contributed by atoms with Crippen molar-refractivity contribution in [2.24, 2.45) is 0 Å². The molecule has 2 aromatic heterocycles. The van der Waals surface area contributed by atoms with Gasteiger partial charge < -0.3 is 30.3 Å².